The van der Waals surface area contributed by atoms with Crippen molar-refractivity contribution < 1.29 is 9.90 Å². The lowest BCUT2D eigenvalue weighted by Crippen LogP contribution is -2.38. The van der Waals surface area contributed by atoms with Crippen LogP contribution in [0.1, 0.15) is 25.3 Å². The molecular formula is C11H15NO2. The van der Waals surface area contributed by atoms with E-state index in [-0.39, 0.29) is 6.42 Å². The van der Waals surface area contributed by atoms with Gasteiger partial charge in [0.1, 0.15) is 0 Å². The van der Waals surface area contributed by atoms with Gasteiger partial charge < -0.3 is 10.8 Å². The van der Waals surface area contributed by atoms with E-state index < -0.39 is 11.5 Å². The number of aliphatic carboxylic acids is 1. The predicted octanol–water partition coefficient (Wildman–Crippen LogP) is 1.73. The molecule has 1 aromatic rings. The van der Waals surface area contributed by atoms with Crippen LogP contribution < -0.4 is 5.73 Å². The summed E-state index contributed by atoms with van der Waals surface area (Å²) in [7, 11) is 0. The zero-order chi connectivity index (χ0) is 10.6. The van der Waals surface area contributed by atoms with Gasteiger partial charge in [-0.3, -0.25) is 4.79 Å². The average molecular weight is 193 g/mol. The fourth-order valence-corrected chi connectivity index (χ4v) is 1.47. The van der Waals surface area contributed by atoms with Crippen molar-refractivity contribution in [3.05, 3.63) is 35.9 Å². The van der Waals surface area contributed by atoms with Crippen LogP contribution in [0, 0.1) is 0 Å². The van der Waals surface area contributed by atoms with E-state index in [0.29, 0.717) is 6.42 Å². The summed E-state index contributed by atoms with van der Waals surface area (Å²) in [6, 6.07) is 9.36. The highest BCUT2D eigenvalue weighted by atomic mass is 16.4. The smallest absolute Gasteiger partial charge is 0.305 e. The molecule has 0 radical (unpaired) electrons. The minimum absolute atomic E-state index is 0.0342. The molecule has 0 spiro atoms. The average Bonchev–Trinajstić information content (AvgIpc) is 2.18. The van der Waals surface area contributed by atoms with E-state index in [2.05, 4.69) is 0 Å². The first-order valence-corrected chi connectivity index (χ1v) is 4.64. The Labute approximate surface area is 83.6 Å². The van der Waals surface area contributed by atoms with Crippen molar-refractivity contribution in [1.82, 2.24) is 0 Å². The zero-order valence-electron chi connectivity index (χ0n) is 8.23. The highest BCUT2D eigenvalue weighted by Crippen LogP contribution is 2.25. The second-order valence-electron chi connectivity index (χ2n) is 3.45. The first kappa shape index (κ1) is 10.7. The summed E-state index contributed by atoms with van der Waals surface area (Å²) in [6.07, 6.45) is 0.580. The molecule has 1 atom stereocenters. The molecule has 0 saturated carbocycles. The summed E-state index contributed by atoms with van der Waals surface area (Å²) < 4.78 is 0. The van der Waals surface area contributed by atoms with Gasteiger partial charge >= 0.3 is 5.97 Å². The third-order valence-corrected chi connectivity index (χ3v) is 2.45. The molecule has 76 valence electrons. The summed E-state index contributed by atoms with van der Waals surface area (Å²) in [6.45, 7) is 1.90. The molecule has 0 aromatic heterocycles. The third-order valence-electron chi connectivity index (χ3n) is 2.45. The molecule has 0 saturated heterocycles. The molecule has 0 aliphatic carbocycles. The second-order valence-corrected chi connectivity index (χ2v) is 3.45. The van der Waals surface area contributed by atoms with Crippen molar-refractivity contribution in [3.8, 4) is 0 Å². The van der Waals surface area contributed by atoms with E-state index in [1.165, 1.54) is 0 Å². The number of hydrogen-bond donors (Lipinski definition) is 2. The van der Waals surface area contributed by atoms with Crippen molar-refractivity contribution in [2.45, 2.75) is 25.3 Å². The van der Waals surface area contributed by atoms with Gasteiger partial charge in [-0.2, -0.15) is 0 Å². The maximum absolute atomic E-state index is 10.7. The standard InChI is InChI=1S/C11H15NO2/c1-2-11(12,8-10(13)14)9-6-4-3-5-7-9/h3-7H,2,8,12H2,1H3,(H,13,14). The van der Waals surface area contributed by atoms with E-state index in [9.17, 15) is 4.79 Å². The molecule has 1 unspecified atom stereocenters. The van der Waals surface area contributed by atoms with Gasteiger partial charge in [0.25, 0.3) is 0 Å². The van der Waals surface area contributed by atoms with E-state index >= 15 is 0 Å². The molecule has 3 nitrogen and oxygen atoms in total. The summed E-state index contributed by atoms with van der Waals surface area (Å²) >= 11 is 0. The Hall–Kier alpha value is -1.35. The second kappa shape index (κ2) is 4.24. The summed E-state index contributed by atoms with van der Waals surface area (Å²) in [5.74, 6) is -0.863. The largest absolute Gasteiger partial charge is 0.481 e. The van der Waals surface area contributed by atoms with Crippen LogP contribution in [0.25, 0.3) is 0 Å². The summed E-state index contributed by atoms with van der Waals surface area (Å²) in [5.41, 5.74) is 6.18. The van der Waals surface area contributed by atoms with Crippen LogP contribution in [0.4, 0.5) is 0 Å². The van der Waals surface area contributed by atoms with E-state index in [4.69, 9.17) is 10.8 Å². The van der Waals surface area contributed by atoms with Gasteiger partial charge in [-0.05, 0) is 12.0 Å². The van der Waals surface area contributed by atoms with Crippen LogP contribution in [-0.4, -0.2) is 11.1 Å². The van der Waals surface area contributed by atoms with Crippen LogP contribution in [0.2, 0.25) is 0 Å². The van der Waals surface area contributed by atoms with Crippen molar-refractivity contribution in [3.63, 3.8) is 0 Å². The number of carboxylic acid groups (broad SMARTS) is 1. The molecule has 1 aromatic carbocycles. The Morgan fingerprint density at radius 2 is 2.00 bits per heavy atom. The Morgan fingerprint density at radius 1 is 1.43 bits per heavy atom. The predicted molar refractivity (Wildman–Crippen MR) is 54.9 cm³/mol. The molecule has 1 rings (SSSR count). The van der Waals surface area contributed by atoms with Crippen molar-refractivity contribution in [2.24, 2.45) is 5.73 Å². The van der Waals surface area contributed by atoms with Crippen molar-refractivity contribution in [1.29, 1.82) is 0 Å². The fourth-order valence-electron chi connectivity index (χ4n) is 1.47. The molecule has 0 amide bonds. The minimum Gasteiger partial charge on any atom is -0.481 e. The SMILES string of the molecule is CCC(N)(CC(=O)O)c1ccccc1. The Bertz CT molecular complexity index is 310. The number of benzene rings is 1. The first-order valence-electron chi connectivity index (χ1n) is 4.64. The summed E-state index contributed by atoms with van der Waals surface area (Å²) in [4.78, 5) is 10.7. The molecule has 0 bridgehead atoms. The highest BCUT2D eigenvalue weighted by molar-refractivity contribution is 5.68. The summed E-state index contributed by atoms with van der Waals surface area (Å²) in [5, 5.41) is 8.76. The van der Waals surface area contributed by atoms with Gasteiger partial charge in [0.05, 0.1) is 12.0 Å². The molecule has 0 aliphatic rings. The van der Waals surface area contributed by atoms with Gasteiger partial charge in [0.15, 0.2) is 0 Å². The van der Waals surface area contributed by atoms with Gasteiger partial charge in [0, 0.05) is 0 Å². The van der Waals surface area contributed by atoms with Crippen LogP contribution in [0.5, 0.6) is 0 Å². The highest BCUT2D eigenvalue weighted by Gasteiger charge is 2.27. The van der Waals surface area contributed by atoms with Crippen LogP contribution in [0.15, 0.2) is 30.3 Å². The Kier molecular flexibility index (Phi) is 3.25. The molecule has 3 heteroatoms. The van der Waals surface area contributed by atoms with Gasteiger partial charge in [0.2, 0.25) is 0 Å². The molecule has 14 heavy (non-hydrogen) atoms. The lowest BCUT2D eigenvalue weighted by molar-refractivity contribution is -0.138. The maximum Gasteiger partial charge on any atom is 0.305 e. The van der Waals surface area contributed by atoms with Gasteiger partial charge in [-0.1, -0.05) is 37.3 Å². The third kappa shape index (κ3) is 2.33. The molecule has 0 heterocycles. The molecule has 0 fully saturated rings. The topological polar surface area (TPSA) is 63.3 Å². The fraction of sp³-hybridized carbons (Fsp3) is 0.364. The number of carbonyl (C=O) groups is 1. The van der Waals surface area contributed by atoms with Crippen molar-refractivity contribution >= 4 is 5.97 Å². The van der Waals surface area contributed by atoms with Crippen molar-refractivity contribution in [2.75, 3.05) is 0 Å². The maximum atomic E-state index is 10.7. The van der Waals surface area contributed by atoms with Crippen LogP contribution in [-0.2, 0) is 10.3 Å². The zero-order valence-corrected chi connectivity index (χ0v) is 8.23. The minimum atomic E-state index is -0.863. The first-order chi connectivity index (χ1) is 6.58. The Morgan fingerprint density at radius 3 is 2.43 bits per heavy atom. The van der Waals surface area contributed by atoms with Crippen LogP contribution in [0.3, 0.4) is 0 Å². The van der Waals surface area contributed by atoms with E-state index in [1.54, 1.807) is 0 Å². The number of hydrogen-bond acceptors (Lipinski definition) is 2. The number of carboxylic acids is 1. The molecular weight excluding hydrogens is 178 g/mol. The number of rotatable bonds is 4. The van der Waals surface area contributed by atoms with Gasteiger partial charge in [-0.25, -0.2) is 0 Å². The van der Waals surface area contributed by atoms with E-state index in [1.807, 2.05) is 37.3 Å². The lowest BCUT2D eigenvalue weighted by atomic mass is 9.85. The number of nitrogens with two attached hydrogens (primary N) is 1. The Balaban J connectivity index is 2.95. The molecule has 0 aliphatic heterocycles. The monoisotopic (exact) mass is 193 g/mol. The quantitative estimate of drug-likeness (QED) is 0.765. The normalized spacial score (nSPS) is 14.7. The van der Waals surface area contributed by atoms with Gasteiger partial charge in [-0.15, -0.1) is 0 Å². The lowest BCUT2D eigenvalue weighted by Gasteiger charge is -2.26. The van der Waals surface area contributed by atoms with E-state index in [0.717, 1.165) is 5.56 Å². The molecule has 3 N–H and O–H groups in total. The van der Waals surface area contributed by atoms with Crippen LogP contribution >= 0.6 is 0 Å².